The number of nitrogens with one attached hydrogen (secondary N) is 2. The van der Waals surface area contributed by atoms with Crippen LogP contribution in [0.2, 0.25) is 0 Å². The van der Waals surface area contributed by atoms with E-state index in [9.17, 15) is 17.6 Å². The summed E-state index contributed by atoms with van der Waals surface area (Å²) in [6.07, 6.45) is 1.78. The summed E-state index contributed by atoms with van der Waals surface area (Å²) in [5, 5.41) is 2.78. The SMILES string of the molecule is Cc1ccc(S(=O)(=O)Nc2ccc(F)cc2)cc1C(=O)Nc1ccc(N2CC(C)OC(C)C2)nc1. The number of aromatic nitrogens is 1. The zero-order chi connectivity index (χ0) is 25.2. The van der Waals surface area contributed by atoms with Crippen LogP contribution in [0.15, 0.2) is 65.7 Å². The van der Waals surface area contributed by atoms with E-state index in [1.807, 2.05) is 19.9 Å². The van der Waals surface area contributed by atoms with Gasteiger partial charge in [0.05, 0.1) is 29.0 Å². The molecule has 0 radical (unpaired) electrons. The maximum Gasteiger partial charge on any atom is 0.261 e. The fourth-order valence-electron chi connectivity index (χ4n) is 3.96. The molecule has 2 unspecified atom stereocenters. The van der Waals surface area contributed by atoms with E-state index in [0.717, 1.165) is 31.0 Å². The Morgan fingerprint density at radius 2 is 1.69 bits per heavy atom. The number of anilines is 3. The van der Waals surface area contributed by atoms with Crippen molar-refractivity contribution in [3.05, 3.63) is 77.7 Å². The van der Waals surface area contributed by atoms with Crippen LogP contribution in [-0.2, 0) is 14.8 Å². The highest BCUT2D eigenvalue weighted by Crippen LogP contribution is 2.22. The molecule has 0 bridgehead atoms. The van der Waals surface area contributed by atoms with Crippen LogP contribution in [0.4, 0.5) is 21.6 Å². The molecule has 2 N–H and O–H groups in total. The lowest BCUT2D eigenvalue weighted by Crippen LogP contribution is -2.45. The van der Waals surface area contributed by atoms with Gasteiger partial charge in [-0.05, 0) is 74.9 Å². The number of aryl methyl sites for hydroxylation is 1. The van der Waals surface area contributed by atoms with Crippen molar-refractivity contribution in [3.63, 3.8) is 0 Å². The third kappa shape index (κ3) is 5.95. The molecular weight excluding hydrogens is 471 g/mol. The first-order valence-corrected chi connectivity index (χ1v) is 12.7. The molecule has 1 amide bonds. The van der Waals surface area contributed by atoms with Crippen LogP contribution in [0.1, 0.15) is 29.8 Å². The zero-order valence-corrected chi connectivity index (χ0v) is 20.5. The van der Waals surface area contributed by atoms with E-state index in [4.69, 9.17) is 4.74 Å². The Morgan fingerprint density at radius 1 is 1.03 bits per heavy atom. The van der Waals surface area contributed by atoms with E-state index in [-0.39, 0.29) is 28.4 Å². The van der Waals surface area contributed by atoms with Crippen LogP contribution in [0.25, 0.3) is 0 Å². The van der Waals surface area contributed by atoms with Gasteiger partial charge < -0.3 is 15.0 Å². The molecule has 4 rings (SSSR count). The fraction of sp³-hybridized carbons (Fsp3) is 0.280. The summed E-state index contributed by atoms with van der Waals surface area (Å²) in [5.41, 5.74) is 1.54. The molecule has 1 aliphatic rings. The number of halogens is 1. The van der Waals surface area contributed by atoms with Crippen molar-refractivity contribution in [1.29, 1.82) is 0 Å². The van der Waals surface area contributed by atoms with Crippen LogP contribution in [0, 0.1) is 12.7 Å². The molecule has 184 valence electrons. The first-order valence-electron chi connectivity index (χ1n) is 11.2. The summed E-state index contributed by atoms with van der Waals surface area (Å²) in [6, 6.07) is 12.9. The molecule has 1 aliphatic heterocycles. The molecule has 3 aromatic rings. The van der Waals surface area contributed by atoms with Crippen molar-refractivity contribution in [2.45, 2.75) is 37.9 Å². The van der Waals surface area contributed by atoms with Gasteiger partial charge in [0.25, 0.3) is 15.9 Å². The Labute approximate surface area is 204 Å². The first-order chi connectivity index (χ1) is 16.6. The Balaban J connectivity index is 1.48. The van der Waals surface area contributed by atoms with E-state index in [1.54, 1.807) is 25.3 Å². The summed E-state index contributed by atoms with van der Waals surface area (Å²) in [6.45, 7) is 7.22. The first kappa shape index (κ1) is 24.6. The smallest absolute Gasteiger partial charge is 0.261 e. The van der Waals surface area contributed by atoms with E-state index >= 15 is 0 Å². The number of hydrogen-bond donors (Lipinski definition) is 2. The van der Waals surface area contributed by atoms with Gasteiger partial charge in [-0.25, -0.2) is 17.8 Å². The van der Waals surface area contributed by atoms with Crippen molar-refractivity contribution in [2.75, 3.05) is 28.0 Å². The summed E-state index contributed by atoms with van der Waals surface area (Å²) in [4.78, 5) is 19.5. The number of ether oxygens (including phenoxy) is 1. The molecular formula is C25H27FN4O4S. The maximum atomic E-state index is 13.1. The molecule has 2 aromatic carbocycles. The fourth-order valence-corrected chi connectivity index (χ4v) is 5.04. The minimum absolute atomic E-state index is 0.0818. The Kier molecular flexibility index (Phi) is 7.04. The summed E-state index contributed by atoms with van der Waals surface area (Å²) in [7, 11) is -3.98. The van der Waals surface area contributed by atoms with Crippen molar-refractivity contribution >= 4 is 33.1 Å². The lowest BCUT2D eigenvalue weighted by Gasteiger charge is -2.36. The standard InChI is InChI=1S/C25H27FN4O4S/c1-16-4-10-22(35(32,33)29-20-7-5-19(26)6-8-20)12-23(16)25(31)28-21-9-11-24(27-13-21)30-14-17(2)34-18(3)15-30/h4-13,17-18,29H,14-15H2,1-3H3,(H,28,31). The predicted molar refractivity (Wildman–Crippen MR) is 133 cm³/mol. The second-order valence-electron chi connectivity index (χ2n) is 8.61. The van der Waals surface area contributed by atoms with Crippen LogP contribution < -0.4 is 14.9 Å². The topological polar surface area (TPSA) is 101 Å². The van der Waals surface area contributed by atoms with E-state index < -0.39 is 21.7 Å². The van der Waals surface area contributed by atoms with E-state index in [2.05, 4.69) is 19.9 Å². The average Bonchev–Trinajstić information content (AvgIpc) is 2.80. The third-order valence-electron chi connectivity index (χ3n) is 5.61. The molecule has 35 heavy (non-hydrogen) atoms. The van der Waals surface area contributed by atoms with Crippen LogP contribution in [0.5, 0.6) is 0 Å². The average molecular weight is 499 g/mol. The molecule has 0 saturated carbocycles. The van der Waals surface area contributed by atoms with Gasteiger partial charge in [-0.15, -0.1) is 0 Å². The van der Waals surface area contributed by atoms with Crippen LogP contribution >= 0.6 is 0 Å². The number of nitrogens with zero attached hydrogens (tertiary/aromatic N) is 2. The summed E-state index contributed by atoms with van der Waals surface area (Å²) >= 11 is 0. The minimum Gasteiger partial charge on any atom is -0.372 e. The normalized spacial score (nSPS) is 18.2. The van der Waals surface area contributed by atoms with Crippen molar-refractivity contribution in [3.8, 4) is 0 Å². The molecule has 2 heterocycles. The number of benzene rings is 2. The van der Waals surface area contributed by atoms with E-state index in [0.29, 0.717) is 11.3 Å². The highest BCUT2D eigenvalue weighted by molar-refractivity contribution is 7.92. The summed E-state index contributed by atoms with van der Waals surface area (Å²) in [5.74, 6) is -0.135. The van der Waals surface area contributed by atoms with Gasteiger partial charge in [0.2, 0.25) is 0 Å². The largest absolute Gasteiger partial charge is 0.372 e. The van der Waals surface area contributed by atoms with Gasteiger partial charge in [0.1, 0.15) is 11.6 Å². The molecule has 1 aromatic heterocycles. The lowest BCUT2D eigenvalue weighted by molar-refractivity contribution is -0.00545. The number of amides is 1. The van der Waals surface area contributed by atoms with Gasteiger partial charge >= 0.3 is 0 Å². The van der Waals surface area contributed by atoms with Crippen LogP contribution in [-0.4, -0.2) is 44.6 Å². The van der Waals surface area contributed by atoms with Gasteiger partial charge in [-0.3, -0.25) is 9.52 Å². The van der Waals surface area contributed by atoms with Gasteiger partial charge in [0, 0.05) is 24.3 Å². The molecule has 0 aliphatic carbocycles. The van der Waals surface area contributed by atoms with Gasteiger partial charge in [-0.1, -0.05) is 6.07 Å². The number of pyridine rings is 1. The van der Waals surface area contributed by atoms with Gasteiger partial charge in [0.15, 0.2) is 0 Å². The predicted octanol–water partition coefficient (Wildman–Crippen LogP) is 4.20. The number of rotatable bonds is 6. The number of hydrogen-bond acceptors (Lipinski definition) is 6. The Morgan fingerprint density at radius 3 is 2.31 bits per heavy atom. The molecule has 8 nitrogen and oxygen atoms in total. The minimum atomic E-state index is -3.98. The monoisotopic (exact) mass is 498 g/mol. The molecule has 10 heteroatoms. The molecule has 2 atom stereocenters. The Bertz CT molecular complexity index is 1300. The third-order valence-corrected chi connectivity index (χ3v) is 6.99. The lowest BCUT2D eigenvalue weighted by atomic mass is 10.1. The van der Waals surface area contributed by atoms with Crippen molar-refractivity contribution in [1.82, 2.24) is 4.98 Å². The number of carbonyl (C=O) groups excluding carboxylic acids is 1. The highest BCUT2D eigenvalue weighted by Gasteiger charge is 2.23. The molecule has 1 fully saturated rings. The van der Waals surface area contributed by atoms with Crippen molar-refractivity contribution in [2.24, 2.45) is 0 Å². The van der Waals surface area contributed by atoms with Crippen LogP contribution in [0.3, 0.4) is 0 Å². The molecule has 0 spiro atoms. The Hall–Kier alpha value is -3.50. The molecule has 1 saturated heterocycles. The quantitative estimate of drug-likeness (QED) is 0.529. The zero-order valence-electron chi connectivity index (χ0n) is 19.7. The van der Waals surface area contributed by atoms with Crippen molar-refractivity contribution < 1.29 is 22.3 Å². The second kappa shape index (κ2) is 10.0. The number of morpholine rings is 1. The van der Waals surface area contributed by atoms with Gasteiger partial charge in [-0.2, -0.15) is 0 Å². The summed E-state index contributed by atoms with van der Waals surface area (Å²) < 4.78 is 46.9. The second-order valence-corrected chi connectivity index (χ2v) is 10.3. The van der Waals surface area contributed by atoms with E-state index in [1.165, 1.54) is 24.3 Å². The number of sulfonamides is 1. The maximum absolute atomic E-state index is 13.1. The highest BCUT2D eigenvalue weighted by atomic mass is 32.2. The number of carbonyl (C=O) groups is 1.